The number of carbonyl (C=O) groups is 5. The molecule has 2 saturated heterocycles. The average molecular weight is 841 g/mol. The maximum atomic E-state index is 14.7. The molecule has 3 fully saturated rings. The van der Waals surface area contributed by atoms with E-state index in [1.165, 1.54) is 24.7 Å². The van der Waals surface area contributed by atoms with E-state index in [4.69, 9.17) is 5.73 Å². The van der Waals surface area contributed by atoms with Gasteiger partial charge < -0.3 is 21.1 Å². The summed E-state index contributed by atoms with van der Waals surface area (Å²) in [5.41, 5.74) is 1.82. The molecule has 0 radical (unpaired) electrons. The van der Waals surface area contributed by atoms with Crippen molar-refractivity contribution in [2.45, 2.75) is 106 Å². The molecule has 4 amide bonds. The number of hydrogen-bond donors (Lipinski definition) is 4. The van der Waals surface area contributed by atoms with E-state index in [9.17, 15) is 54.7 Å². The first-order chi connectivity index (χ1) is 26.6. The number of aromatic nitrogens is 3. The highest BCUT2D eigenvalue weighted by Gasteiger charge is 2.50. The van der Waals surface area contributed by atoms with Gasteiger partial charge in [-0.2, -0.15) is 0 Å². The van der Waals surface area contributed by atoms with E-state index in [2.05, 4.69) is 20.6 Å². The summed E-state index contributed by atoms with van der Waals surface area (Å²) in [6, 6.07) is 2.12. The Morgan fingerprint density at radius 1 is 1.07 bits per heavy atom. The normalized spacial score (nSPS) is 21.6. The van der Waals surface area contributed by atoms with E-state index in [-0.39, 0.29) is 47.2 Å². The minimum absolute atomic E-state index is 0.0320. The second-order valence-electron chi connectivity index (χ2n) is 15.2. The van der Waals surface area contributed by atoms with Crippen molar-refractivity contribution in [3.8, 4) is 0 Å². The number of hydrogen-bond acceptors (Lipinski definition) is 12. The van der Waals surface area contributed by atoms with E-state index >= 15 is 0 Å². The quantitative estimate of drug-likeness (QED) is 0.150. The van der Waals surface area contributed by atoms with Crippen LogP contribution in [0.25, 0.3) is 0 Å². The molecule has 312 valence electrons. The fourth-order valence-corrected chi connectivity index (χ4v) is 10.0. The Labute approximate surface area is 328 Å². The van der Waals surface area contributed by atoms with Gasteiger partial charge in [0.05, 0.1) is 40.9 Å². The monoisotopic (exact) mass is 840 g/mol. The van der Waals surface area contributed by atoms with Gasteiger partial charge >= 0.3 is 0 Å². The van der Waals surface area contributed by atoms with Crippen molar-refractivity contribution in [3.05, 3.63) is 41.7 Å². The molecule has 5 rings (SSSR count). The number of sulfone groups is 1. The van der Waals surface area contributed by atoms with Crippen molar-refractivity contribution < 1.29 is 54.7 Å². The SMILES string of the molecule is CC(C)(O)c1cnnn1[C@H]1C[C@@H](C(=O)NC2(C(=O)C(N)=O)CCS(=O)(=O)CC2)N(C(=O)C(CC2CCCCC2)=NC(=O)c2ccc(S(=O)(=O)NCC(F)F)cc2)C1. The fourth-order valence-electron chi connectivity index (χ4n) is 7.50. The Hall–Kier alpha value is -4.54. The Morgan fingerprint density at radius 2 is 1.70 bits per heavy atom. The molecule has 1 aromatic carbocycles. The van der Waals surface area contributed by atoms with Gasteiger partial charge in [0.15, 0.2) is 9.84 Å². The molecule has 3 aliphatic rings. The standard InChI is InChI=1S/C35H46F2N8O10S2/c1-34(2,51)27-18-39-43-45(27)23-17-26(32(49)42-35(29(46)30(38)47)12-14-56(52,53)15-13-35)44(20-23)33(50)25(16-21-6-4-3-5-7-21)41-31(48)22-8-10-24(11-9-22)57(54,55)40-19-28(36)37/h8-11,18,21,23,26,28,40,51H,3-7,12-17,19-20H2,1-2H3,(H2,38,47)(H,42,49)/t23-,26-/m0/s1. The van der Waals surface area contributed by atoms with Crippen LogP contribution in [0.4, 0.5) is 8.78 Å². The van der Waals surface area contributed by atoms with E-state index in [0.29, 0.717) is 0 Å². The van der Waals surface area contributed by atoms with Gasteiger partial charge in [0.25, 0.3) is 24.1 Å². The summed E-state index contributed by atoms with van der Waals surface area (Å²) in [6.07, 6.45) is 1.54. The van der Waals surface area contributed by atoms with Crippen LogP contribution < -0.4 is 15.8 Å². The second-order valence-corrected chi connectivity index (χ2v) is 19.3. The Morgan fingerprint density at radius 3 is 2.28 bits per heavy atom. The molecule has 57 heavy (non-hydrogen) atoms. The van der Waals surface area contributed by atoms with E-state index in [1.54, 1.807) is 4.72 Å². The number of ketones is 1. The smallest absolute Gasteiger partial charge is 0.287 e. The minimum atomic E-state index is -4.33. The zero-order valence-corrected chi connectivity index (χ0v) is 33.0. The number of aliphatic hydroxyl groups is 1. The van der Waals surface area contributed by atoms with Crippen molar-refractivity contribution in [2.24, 2.45) is 16.6 Å². The summed E-state index contributed by atoms with van der Waals surface area (Å²) in [6.45, 7) is 1.65. The Bertz CT molecular complexity index is 2120. The van der Waals surface area contributed by atoms with Crippen LogP contribution in [0.2, 0.25) is 0 Å². The largest absolute Gasteiger partial charge is 0.384 e. The zero-order valence-electron chi connectivity index (χ0n) is 31.4. The summed E-state index contributed by atoms with van der Waals surface area (Å²) in [5, 5.41) is 21.4. The summed E-state index contributed by atoms with van der Waals surface area (Å²) in [5.74, 6) is -6.35. The number of carbonyl (C=O) groups excluding carboxylic acids is 5. The molecule has 1 aliphatic carbocycles. The molecule has 1 aromatic heterocycles. The number of rotatable bonds is 14. The van der Waals surface area contributed by atoms with Crippen molar-refractivity contribution in [2.75, 3.05) is 24.6 Å². The number of primary amides is 1. The first-order valence-electron chi connectivity index (χ1n) is 18.4. The third-order valence-corrected chi connectivity index (χ3v) is 13.7. The maximum Gasteiger partial charge on any atom is 0.287 e. The van der Waals surface area contributed by atoms with Crippen LogP contribution >= 0.6 is 0 Å². The van der Waals surface area contributed by atoms with Gasteiger partial charge in [-0.05, 0) is 63.3 Å². The third kappa shape index (κ3) is 10.3. The van der Waals surface area contributed by atoms with Crippen LogP contribution in [-0.2, 0) is 44.6 Å². The summed E-state index contributed by atoms with van der Waals surface area (Å²) >= 11 is 0. The first kappa shape index (κ1) is 43.6. The number of likely N-dealkylation sites (tertiary alicyclic amines) is 1. The van der Waals surface area contributed by atoms with Crippen molar-refractivity contribution in [1.29, 1.82) is 0 Å². The predicted molar refractivity (Wildman–Crippen MR) is 198 cm³/mol. The number of nitrogens with zero attached hydrogens (tertiary/aromatic N) is 5. The molecule has 0 bridgehead atoms. The van der Waals surface area contributed by atoms with E-state index < -0.39 is 110 Å². The topological polar surface area (TPSA) is 270 Å². The molecule has 22 heteroatoms. The van der Waals surface area contributed by atoms with Gasteiger partial charge in [0.1, 0.15) is 22.9 Å². The van der Waals surface area contributed by atoms with Crippen molar-refractivity contribution >= 4 is 55.0 Å². The Kier molecular flexibility index (Phi) is 13.1. The number of halogens is 2. The van der Waals surface area contributed by atoms with Crippen molar-refractivity contribution in [3.63, 3.8) is 0 Å². The summed E-state index contributed by atoms with van der Waals surface area (Å²) in [4.78, 5) is 73.0. The summed E-state index contributed by atoms with van der Waals surface area (Å²) in [7, 11) is -7.92. The van der Waals surface area contributed by atoms with Crippen LogP contribution in [0.15, 0.2) is 40.4 Å². The number of alkyl halides is 2. The lowest BCUT2D eigenvalue weighted by molar-refractivity contribution is -0.143. The Balaban J connectivity index is 1.52. The van der Waals surface area contributed by atoms with Gasteiger partial charge in [-0.1, -0.05) is 37.3 Å². The number of nitrogens with two attached hydrogens (primary N) is 1. The molecule has 0 spiro atoms. The van der Waals surface area contributed by atoms with Crippen LogP contribution in [0.5, 0.6) is 0 Å². The lowest BCUT2D eigenvalue weighted by Crippen LogP contribution is -2.64. The molecule has 0 unspecified atom stereocenters. The molecule has 2 aliphatic heterocycles. The molecule has 3 heterocycles. The third-order valence-electron chi connectivity index (χ3n) is 10.6. The second kappa shape index (κ2) is 17.1. The minimum Gasteiger partial charge on any atom is -0.384 e. The number of aliphatic imine (C=N–C) groups is 1. The number of Topliss-reactive ketones (excluding diaryl/α,β-unsaturated/α-hetero) is 1. The van der Waals surface area contributed by atoms with Gasteiger partial charge in [-0.25, -0.2) is 40.0 Å². The number of sulfonamides is 1. The van der Waals surface area contributed by atoms with E-state index in [1.807, 2.05) is 0 Å². The predicted octanol–water partition coefficient (Wildman–Crippen LogP) is 0.561. The zero-order chi connectivity index (χ0) is 41.9. The lowest BCUT2D eigenvalue weighted by atomic mass is 9.85. The van der Waals surface area contributed by atoms with Gasteiger partial charge in [-0.3, -0.25) is 24.0 Å². The van der Waals surface area contributed by atoms with Crippen molar-refractivity contribution in [1.82, 2.24) is 29.9 Å². The highest BCUT2D eigenvalue weighted by atomic mass is 32.2. The summed E-state index contributed by atoms with van der Waals surface area (Å²) < 4.78 is 77.9. The molecule has 2 atom stereocenters. The average Bonchev–Trinajstić information content (AvgIpc) is 3.83. The molecular formula is C35H46F2N8O10S2. The number of amides is 4. The first-order valence-corrected chi connectivity index (χ1v) is 21.7. The van der Waals surface area contributed by atoms with Crippen LogP contribution in [0.3, 0.4) is 0 Å². The van der Waals surface area contributed by atoms with E-state index in [0.717, 1.165) is 61.3 Å². The van der Waals surface area contributed by atoms with Gasteiger partial charge in [-0.15, -0.1) is 5.10 Å². The fraction of sp³-hybridized carbons (Fsp3) is 0.600. The molecular weight excluding hydrogens is 795 g/mol. The lowest BCUT2D eigenvalue weighted by Gasteiger charge is -2.37. The molecule has 5 N–H and O–H groups in total. The number of benzene rings is 1. The highest BCUT2D eigenvalue weighted by molar-refractivity contribution is 7.91. The maximum absolute atomic E-state index is 14.7. The van der Waals surface area contributed by atoms with Gasteiger partial charge in [0.2, 0.25) is 21.7 Å². The molecule has 2 aromatic rings. The molecule has 18 nitrogen and oxygen atoms in total. The number of nitrogens with one attached hydrogen (secondary N) is 2. The van der Waals surface area contributed by atoms with Gasteiger partial charge in [0, 0.05) is 18.5 Å². The van der Waals surface area contributed by atoms with Crippen LogP contribution in [-0.4, -0.2) is 120 Å². The highest BCUT2D eigenvalue weighted by Crippen LogP contribution is 2.34. The van der Waals surface area contributed by atoms with Crippen LogP contribution in [0, 0.1) is 5.92 Å². The van der Waals surface area contributed by atoms with Crippen LogP contribution in [0.1, 0.15) is 93.7 Å². The molecule has 1 saturated carbocycles.